The van der Waals surface area contributed by atoms with Crippen LogP contribution in [0.4, 0.5) is 4.39 Å². The zero-order valence-electron chi connectivity index (χ0n) is 10.8. The van der Waals surface area contributed by atoms with Crippen LogP contribution in [0.25, 0.3) is 0 Å². The van der Waals surface area contributed by atoms with E-state index in [1.807, 2.05) is 12.1 Å². The summed E-state index contributed by atoms with van der Waals surface area (Å²) in [5.74, 6) is 0.207. The Balaban J connectivity index is 2.79. The zero-order valence-corrected chi connectivity index (χ0v) is 10.8. The quantitative estimate of drug-likeness (QED) is 0.822. The first kappa shape index (κ1) is 13.2. The average molecular weight is 223 g/mol. The smallest absolute Gasteiger partial charge is 0.126 e. The summed E-state index contributed by atoms with van der Waals surface area (Å²) in [5.41, 5.74) is 1.77. The summed E-state index contributed by atoms with van der Waals surface area (Å²) in [6.07, 6.45) is 0. The Morgan fingerprint density at radius 3 is 2.25 bits per heavy atom. The van der Waals surface area contributed by atoms with E-state index >= 15 is 0 Å². The van der Waals surface area contributed by atoms with Gasteiger partial charge in [-0.1, -0.05) is 32.9 Å². The number of benzene rings is 1. The number of aryl methyl sites for hydroxylation is 1. The van der Waals surface area contributed by atoms with E-state index in [9.17, 15) is 4.39 Å². The van der Waals surface area contributed by atoms with Crippen LogP contribution < -0.4 is 5.32 Å². The highest BCUT2D eigenvalue weighted by Gasteiger charge is 2.15. The molecule has 1 aromatic carbocycles. The summed E-state index contributed by atoms with van der Waals surface area (Å²) in [6, 6.07) is 6.32. The van der Waals surface area contributed by atoms with Crippen molar-refractivity contribution in [3.8, 4) is 0 Å². The molecule has 0 heterocycles. The van der Waals surface area contributed by atoms with Gasteiger partial charge in [-0.2, -0.15) is 0 Å². The van der Waals surface area contributed by atoms with Gasteiger partial charge < -0.3 is 5.32 Å². The molecule has 0 spiro atoms. The lowest BCUT2D eigenvalue weighted by atomic mass is 9.93. The van der Waals surface area contributed by atoms with Crippen LogP contribution in [0.5, 0.6) is 0 Å². The van der Waals surface area contributed by atoms with Crippen LogP contribution in [-0.4, -0.2) is 12.1 Å². The largest absolute Gasteiger partial charge is 0.311 e. The maximum absolute atomic E-state index is 13.4. The van der Waals surface area contributed by atoms with Crippen LogP contribution in [0.1, 0.15) is 44.7 Å². The second kappa shape index (κ2) is 5.44. The summed E-state index contributed by atoms with van der Waals surface area (Å²) in [4.78, 5) is 0. The van der Waals surface area contributed by atoms with Crippen molar-refractivity contribution in [2.24, 2.45) is 0 Å². The zero-order chi connectivity index (χ0) is 12.3. The van der Waals surface area contributed by atoms with Gasteiger partial charge in [0.15, 0.2) is 0 Å². The number of rotatable bonds is 4. The van der Waals surface area contributed by atoms with Gasteiger partial charge in [0.2, 0.25) is 0 Å². The van der Waals surface area contributed by atoms with Crippen molar-refractivity contribution in [2.75, 3.05) is 0 Å². The molecule has 0 bridgehead atoms. The molecule has 0 saturated carbocycles. The van der Waals surface area contributed by atoms with E-state index in [0.717, 1.165) is 5.56 Å². The minimum absolute atomic E-state index is 0.110. The average Bonchev–Trinajstić information content (AvgIpc) is 2.20. The lowest BCUT2D eigenvalue weighted by Crippen LogP contribution is -2.36. The molecule has 0 aliphatic carbocycles. The van der Waals surface area contributed by atoms with Gasteiger partial charge in [-0.25, -0.2) is 4.39 Å². The van der Waals surface area contributed by atoms with Crippen molar-refractivity contribution in [2.45, 2.75) is 52.6 Å². The minimum Gasteiger partial charge on any atom is -0.311 e. The van der Waals surface area contributed by atoms with Crippen molar-refractivity contribution in [3.05, 3.63) is 35.1 Å². The maximum Gasteiger partial charge on any atom is 0.126 e. The van der Waals surface area contributed by atoms with Crippen molar-refractivity contribution in [1.82, 2.24) is 5.32 Å². The van der Waals surface area contributed by atoms with E-state index in [2.05, 4.69) is 33.0 Å². The molecule has 0 amide bonds. The van der Waals surface area contributed by atoms with Gasteiger partial charge >= 0.3 is 0 Å². The lowest BCUT2D eigenvalue weighted by Gasteiger charge is -2.24. The van der Waals surface area contributed by atoms with Gasteiger partial charge in [0.05, 0.1) is 0 Å². The molecule has 0 aliphatic heterocycles. The highest BCUT2D eigenvalue weighted by atomic mass is 19.1. The summed E-state index contributed by atoms with van der Waals surface area (Å²) < 4.78 is 13.4. The number of hydrogen-bond acceptors (Lipinski definition) is 1. The standard InChI is InChI=1S/C14H22FN/c1-9(2)16-12(5)11(4)13-7-6-10(3)14(15)8-13/h6-9,11-12,16H,1-5H3. The van der Waals surface area contributed by atoms with Gasteiger partial charge in [-0.15, -0.1) is 0 Å². The van der Waals surface area contributed by atoms with Crippen LogP contribution in [0.3, 0.4) is 0 Å². The monoisotopic (exact) mass is 223 g/mol. The molecule has 1 aromatic rings. The molecular weight excluding hydrogens is 201 g/mol. The van der Waals surface area contributed by atoms with Gasteiger partial charge in [0, 0.05) is 12.1 Å². The highest BCUT2D eigenvalue weighted by molar-refractivity contribution is 5.26. The van der Waals surface area contributed by atoms with Crippen LogP contribution >= 0.6 is 0 Å². The highest BCUT2D eigenvalue weighted by Crippen LogP contribution is 2.21. The van der Waals surface area contributed by atoms with Gasteiger partial charge in [-0.05, 0) is 37.0 Å². The van der Waals surface area contributed by atoms with Crippen LogP contribution in [-0.2, 0) is 0 Å². The molecule has 16 heavy (non-hydrogen) atoms. The van der Waals surface area contributed by atoms with E-state index in [-0.39, 0.29) is 5.82 Å². The van der Waals surface area contributed by atoms with Crippen LogP contribution in [0, 0.1) is 12.7 Å². The van der Waals surface area contributed by atoms with Crippen molar-refractivity contribution < 1.29 is 4.39 Å². The van der Waals surface area contributed by atoms with Gasteiger partial charge in [-0.3, -0.25) is 0 Å². The second-order valence-electron chi connectivity index (χ2n) is 4.91. The first-order valence-corrected chi connectivity index (χ1v) is 5.94. The molecular formula is C14H22FN. The SMILES string of the molecule is Cc1ccc(C(C)C(C)NC(C)C)cc1F. The second-order valence-corrected chi connectivity index (χ2v) is 4.91. The first-order valence-electron chi connectivity index (χ1n) is 5.94. The van der Waals surface area contributed by atoms with Crippen LogP contribution in [0.2, 0.25) is 0 Å². The number of halogens is 1. The molecule has 0 aliphatic rings. The van der Waals surface area contributed by atoms with Crippen molar-refractivity contribution in [1.29, 1.82) is 0 Å². The predicted octanol–water partition coefficient (Wildman–Crippen LogP) is 3.62. The molecule has 2 unspecified atom stereocenters. The molecule has 1 nitrogen and oxygen atoms in total. The fourth-order valence-electron chi connectivity index (χ4n) is 1.85. The maximum atomic E-state index is 13.4. The summed E-state index contributed by atoms with van der Waals surface area (Å²) in [7, 11) is 0. The summed E-state index contributed by atoms with van der Waals surface area (Å²) in [6.45, 7) is 10.3. The third kappa shape index (κ3) is 3.31. The molecule has 0 saturated heterocycles. The molecule has 2 atom stereocenters. The summed E-state index contributed by atoms with van der Waals surface area (Å²) in [5, 5.41) is 3.45. The third-order valence-electron chi connectivity index (χ3n) is 3.07. The van der Waals surface area contributed by atoms with E-state index in [1.54, 1.807) is 13.0 Å². The minimum atomic E-state index is -0.110. The molecule has 90 valence electrons. The third-order valence-corrected chi connectivity index (χ3v) is 3.07. The molecule has 2 heteroatoms. The Bertz CT molecular complexity index is 347. The van der Waals surface area contributed by atoms with E-state index in [1.165, 1.54) is 0 Å². The van der Waals surface area contributed by atoms with Gasteiger partial charge in [0.1, 0.15) is 5.82 Å². The fourth-order valence-corrected chi connectivity index (χ4v) is 1.85. The lowest BCUT2D eigenvalue weighted by molar-refractivity contribution is 0.438. The van der Waals surface area contributed by atoms with E-state index in [0.29, 0.717) is 23.6 Å². The fraction of sp³-hybridized carbons (Fsp3) is 0.571. The Morgan fingerprint density at radius 1 is 1.12 bits per heavy atom. The Morgan fingerprint density at radius 2 is 1.75 bits per heavy atom. The normalized spacial score (nSPS) is 15.2. The molecule has 0 aromatic heterocycles. The molecule has 1 rings (SSSR count). The Hall–Kier alpha value is -0.890. The Kier molecular flexibility index (Phi) is 4.48. The molecule has 0 radical (unpaired) electrons. The van der Waals surface area contributed by atoms with Crippen LogP contribution in [0.15, 0.2) is 18.2 Å². The molecule has 1 N–H and O–H groups in total. The number of hydrogen-bond donors (Lipinski definition) is 1. The topological polar surface area (TPSA) is 12.0 Å². The first-order chi connectivity index (χ1) is 7.41. The van der Waals surface area contributed by atoms with E-state index in [4.69, 9.17) is 0 Å². The summed E-state index contributed by atoms with van der Waals surface area (Å²) >= 11 is 0. The van der Waals surface area contributed by atoms with Crippen molar-refractivity contribution in [3.63, 3.8) is 0 Å². The Labute approximate surface area is 98.1 Å². The van der Waals surface area contributed by atoms with Crippen molar-refractivity contribution >= 4 is 0 Å². The predicted molar refractivity (Wildman–Crippen MR) is 67.3 cm³/mol. The molecule has 0 fully saturated rings. The van der Waals surface area contributed by atoms with Gasteiger partial charge in [0.25, 0.3) is 0 Å². The van der Waals surface area contributed by atoms with E-state index < -0.39 is 0 Å². The number of nitrogens with one attached hydrogen (secondary N) is 1.